The standard InChI is InChI=1S/C18H17Cl2NO4/c1-5-25-18(23)14-10(3)21-9(2)13(17(22)24-4)15(14)11-7-6-8-12(19)16(11)20/h6-8H,5H2,1-4H3/i3+1,10+1,14+1,18+1. The Morgan fingerprint density at radius 3 is 2.24 bits per heavy atom. The second-order valence-corrected chi connectivity index (χ2v) is 6.01. The number of carbonyl (C=O) groups excluding carboxylic acids is 2. The maximum atomic E-state index is 12.5. The SMILES string of the molecule is CCO[13C](=O)[13c]1c(-c2cccc(Cl)c2Cl)c(C(=O)OC)c(C)n[13c]1[13CH3]. The van der Waals surface area contributed by atoms with Crippen LogP contribution in [0.25, 0.3) is 11.1 Å². The third-order valence-corrected chi connectivity index (χ3v) is 4.47. The minimum absolute atomic E-state index is 0.153. The Bertz CT molecular complexity index is 849. The molecule has 5 nitrogen and oxygen atoms in total. The molecule has 2 aromatic rings. The molecular weight excluding hydrogens is 369 g/mol. The zero-order valence-electron chi connectivity index (χ0n) is 14.3. The van der Waals surface area contributed by atoms with E-state index in [4.69, 9.17) is 32.7 Å². The van der Waals surface area contributed by atoms with Crippen LogP contribution in [-0.2, 0) is 9.47 Å². The van der Waals surface area contributed by atoms with Crippen LogP contribution in [0.3, 0.4) is 0 Å². The van der Waals surface area contributed by atoms with E-state index in [2.05, 4.69) is 4.98 Å². The van der Waals surface area contributed by atoms with Gasteiger partial charge in [-0.3, -0.25) is 4.98 Å². The van der Waals surface area contributed by atoms with Gasteiger partial charge in [-0.2, -0.15) is 0 Å². The van der Waals surface area contributed by atoms with Crippen molar-refractivity contribution in [2.24, 2.45) is 0 Å². The number of benzene rings is 1. The highest BCUT2D eigenvalue weighted by Crippen LogP contribution is 2.39. The molecular formula is C18H17Cl2NO4. The van der Waals surface area contributed by atoms with Gasteiger partial charge in [-0.25, -0.2) is 9.59 Å². The number of hydrogen-bond acceptors (Lipinski definition) is 5. The Hall–Kier alpha value is -2.11. The molecule has 0 atom stereocenters. The average molecular weight is 386 g/mol. The summed E-state index contributed by atoms with van der Waals surface area (Å²) in [5.74, 6) is -1.22. The molecule has 0 unspecified atom stereocenters. The smallest absolute Gasteiger partial charge is 0.340 e. The topological polar surface area (TPSA) is 65.5 Å². The van der Waals surface area contributed by atoms with Crippen molar-refractivity contribution in [3.63, 3.8) is 0 Å². The number of carbonyl (C=O) groups is 2. The first-order chi connectivity index (χ1) is 11.8. The van der Waals surface area contributed by atoms with Crippen molar-refractivity contribution < 1.29 is 19.1 Å². The predicted molar refractivity (Wildman–Crippen MR) is 96.5 cm³/mol. The van der Waals surface area contributed by atoms with Gasteiger partial charge in [0.25, 0.3) is 0 Å². The number of hydrogen-bond donors (Lipinski definition) is 0. The monoisotopic (exact) mass is 385 g/mol. The van der Waals surface area contributed by atoms with Gasteiger partial charge in [-0.1, -0.05) is 35.3 Å². The molecule has 1 aromatic heterocycles. The summed E-state index contributed by atoms with van der Waals surface area (Å²) in [5, 5.41) is 0.529. The van der Waals surface area contributed by atoms with Gasteiger partial charge in [0.2, 0.25) is 0 Å². The summed E-state index contributed by atoms with van der Waals surface area (Å²) in [6.45, 7) is 5.21. The molecule has 0 saturated carbocycles. The molecule has 0 radical (unpaired) electrons. The number of rotatable bonds is 4. The molecule has 0 fully saturated rings. The molecule has 0 aliphatic carbocycles. The Labute approximate surface area is 155 Å². The molecule has 132 valence electrons. The molecule has 25 heavy (non-hydrogen) atoms. The van der Waals surface area contributed by atoms with Crippen molar-refractivity contribution >= 4 is 35.1 Å². The van der Waals surface area contributed by atoms with Gasteiger partial charge in [-0.05, 0) is 26.8 Å². The lowest BCUT2D eigenvalue weighted by molar-refractivity contribution is 0.0526. The maximum absolute atomic E-state index is 12.5. The van der Waals surface area contributed by atoms with Crippen LogP contribution >= 0.6 is 23.2 Å². The molecule has 1 aromatic carbocycles. The normalized spacial score (nSPS) is 10.5. The van der Waals surface area contributed by atoms with Crippen LogP contribution in [0.1, 0.15) is 39.0 Å². The maximum Gasteiger partial charge on any atom is 0.340 e. The zero-order valence-corrected chi connectivity index (χ0v) is 15.8. The summed E-state index contributed by atoms with van der Waals surface area (Å²) in [4.78, 5) is 29.2. The fraction of sp³-hybridized carbons (Fsp3) is 0.278. The summed E-state index contributed by atoms with van der Waals surface area (Å²) in [5.41, 5.74) is 1.91. The quantitative estimate of drug-likeness (QED) is 0.566. The van der Waals surface area contributed by atoms with Crippen LogP contribution < -0.4 is 0 Å². The van der Waals surface area contributed by atoms with Crippen molar-refractivity contribution in [1.29, 1.82) is 0 Å². The van der Waals surface area contributed by atoms with Gasteiger partial charge >= 0.3 is 11.9 Å². The average Bonchev–Trinajstić information content (AvgIpc) is 2.56. The third kappa shape index (κ3) is 3.62. The van der Waals surface area contributed by atoms with Gasteiger partial charge in [-0.15, -0.1) is 0 Å². The lowest BCUT2D eigenvalue weighted by Crippen LogP contribution is -2.17. The molecule has 0 N–H and O–H groups in total. The highest BCUT2D eigenvalue weighted by atomic mass is 35.5. The minimum atomic E-state index is -0.624. The number of ether oxygens (including phenoxy) is 2. The first-order valence-electron chi connectivity index (χ1n) is 7.54. The fourth-order valence-corrected chi connectivity index (χ4v) is 3.02. The zero-order chi connectivity index (χ0) is 18.7. The van der Waals surface area contributed by atoms with Crippen molar-refractivity contribution in [3.05, 3.63) is 50.8 Å². The van der Waals surface area contributed by atoms with Crippen LogP contribution in [0.15, 0.2) is 18.2 Å². The molecule has 0 bridgehead atoms. The van der Waals surface area contributed by atoms with E-state index in [9.17, 15) is 9.59 Å². The summed E-state index contributed by atoms with van der Waals surface area (Å²) in [6, 6.07) is 4.98. The Morgan fingerprint density at radius 2 is 1.68 bits per heavy atom. The number of methoxy groups -OCH3 is 1. The first kappa shape index (κ1) is 19.2. The molecule has 2 rings (SSSR count). The molecule has 1 heterocycles. The van der Waals surface area contributed by atoms with Crippen LogP contribution in [0, 0.1) is 13.8 Å². The molecule has 0 aliphatic heterocycles. The number of halogens is 2. The minimum Gasteiger partial charge on any atom is -0.465 e. The van der Waals surface area contributed by atoms with Gasteiger partial charge < -0.3 is 9.47 Å². The van der Waals surface area contributed by atoms with Crippen molar-refractivity contribution in [1.82, 2.24) is 4.98 Å². The summed E-state index contributed by atoms with van der Waals surface area (Å²) in [7, 11) is 1.26. The van der Waals surface area contributed by atoms with Crippen molar-refractivity contribution in [2.75, 3.05) is 13.7 Å². The van der Waals surface area contributed by atoms with Crippen LogP contribution in [0.4, 0.5) is 0 Å². The first-order valence-corrected chi connectivity index (χ1v) is 8.30. The lowest BCUT2D eigenvalue weighted by atomic mass is 10.0. The Balaban J connectivity index is 2.96. The Morgan fingerprint density at radius 1 is 1.08 bits per heavy atom. The second-order valence-electron chi connectivity index (χ2n) is 5.22. The summed E-state index contributed by atoms with van der Waals surface area (Å²) >= 11 is 12.5. The summed E-state index contributed by atoms with van der Waals surface area (Å²) < 4.78 is 10.0. The molecule has 0 amide bonds. The van der Waals surface area contributed by atoms with Gasteiger partial charge in [0.1, 0.15) is 0 Å². The van der Waals surface area contributed by atoms with E-state index in [-0.39, 0.29) is 22.8 Å². The van der Waals surface area contributed by atoms with Gasteiger partial charge in [0.05, 0.1) is 46.3 Å². The molecule has 0 spiro atoms. The van der Waals surface area contributed by atoms with Crippen LogP contribution in [0.5, 0.6) is 0 Å². The van der Waals surface area contributed by atoms with E-state index in [0.29, 0.717) is 27.5 Å². The number of pyridine rings is 1. The third-order valence-electron chi connectivity index (χ3n) is 3.65. The van der Waals surface area contributed by atoms with E-state index in [0.717, 1.165) is 0 Å². The van der Waals surface area contributed by atoms with Crippen LogP contribution in [-0.4, -0.2) is 30.6 Å². The number of aromatic nitrogens is 1. The number of aryl methyl sites for hydroxylation is 2. The van der Waals surface area contributed by atoms with E-state index in [1.165, 1.54) is 7.11 Å². The molecule has 0 aliphatic rings. The highest BCUT2D eigenvalue weighted by Gasteiger charge is 2.28. The van der Waals surface area contributed by atoms with Crippen molar-refractivity contribution in [2.45, 2.75) is 20.8 Å². The van der Waals surface area contributed by atoms with E-state index < -0.39 is 11.9 Å². The molecule has 0 saturated heterocycles. The van der Waals surface area contributed by atoms with Crippen LogP contribution in [0.2, 0.25) is 10.0 Å². The van der Waals surface area contributed by atoms with Crippen molar-refractivity contribution in [3.8, 4) is 11.1 Å². The number of esters is 2. The number of nitrogens with zero attached hydrogens (tertiary/aromatic N) is 1. The second kappa shape index (κ2) is 7.85. The summed E-state index contributed by atoms with van der Waals surface area (Å²) in [6.07, 6.45) is 0. The fourth-order valence-electron chi connectivity index (χ4n) is 2.62. The Kier molecular flexibility index (Phi) is 6.03. The largest absolute Gasteiger partial charge is 0.465 e. The lowest BCUT2D eigenvalue weighted by Gasteiger charge is -2.18. The van der Waals surface area contributed by atoms with Gasteiger partial charge in [0.15, 0.2) is 0 Å². The molecule has 7 heteroatoms. The van der Waals surface area contributed by atoms with Gasteiger partial charge in [0, 0.05) is 11.1 Å². The van der Waals surface area contributed by atoms with E-state index in [1.807, 2.05) is 0 Å². The predicted octanol–water partition coefficient (Wildman–Crippen LogP) is 4.64. The highest BCUT2D eigenvalue weighted by molar-refractivity contribution is 6.44. The van der Waals surface area contributed by atoms with E-state index in [1.54, 1.807) is 39.0 Å². The van der Waals surface area contributed by atoms with E-state index >= 15 is 0 Å².